The van der Waals surface area contributed by atoms with Crippen molar-refractivity contribution < 1.29 is 24.2 Å². The molecule has 2 atom stereocenters. The van der Waals surface area contributed by atoms with Gasteiger partial charge in [0.15, 0.2) is 0 Å². The molecule has 0 bridgehead atoms. The van der Waals surface area contributed by atoms with E-state index in [-0.39, 0.29) is 30.8 Å². The second-order valence-corrected chi connectivity index (χ2v) is 9.68. The molecule has 0 saturated heterocycles. The highest BCUT2D eigenvalue weighted by Crippen LogP contribution is 2.44. The fourth-order valence-electron chi connectivity index (χ4n) is 4.33. The number of ether oxygens (including phenoxy) is 1. The van der Waals surface area contributed by atoms with Gasteiger partial charge in [-0.15, -0.1) is 11.3 Å². The number of thiophene rings is 1. The Morgan fingerprint density at radius 3 is 2.26 bits per heavy atom. The molecule has 0 aliphatic heterocycles. The van der Waals surface area contributed by atoms with Crippen molar-refractivity contribution in [3.63, 3.8) is 0 Å². The van der Waals surface area contributed by atoms with Crippen LogP contribution in [0.25, 0.3) is 11.1 Å². The van der Waals surface area contributed by atoms with Gasteiger partial charge in [0.25, 0.3) is 0 Å². The van der Waals surface area contributed by atoms with Gasteiger partial charge in [-0.2, -0.15) is 0 Å². The molecule has 1 aliphatic carbocycles. The Morgan fingerprint density at radius 1 is 1.00 bits per heavy atom. The van der Waals surface area contributed by atoms with E-state index >= 15 is 0 Å². The third kappa shape index (κ3) is 5.89. The molecule has 3 N–H and O–H groups in total. The molecule has 0 spiro atoms. The number of fused-ring (bicyclic) bond motifs is 3. The minimum absolute atomic E-state index is 0.00603. The molecule has 1 aromatic heterocycles. The quantitative estimate of drug-likeness (QED) is 0.372. The minimum atomic E-state index is -0.891. The van der Waals surface area contributed by atoms with Gasteiger partial charge < -0.3 is 20.5 Å². The number of carboxylic acids is 1. The predicted octanol–water partition coefficient (Wildman–Crippen LogP) is 4.95. The maximum atomic E-state index is 12.9. The molecule has 2 unspecified atom stereocenters. The van der Waals surface area contributed by atoms with E-state index in [1.165, 1.54) is 11.3 Å². The van der Waals surface area contributed by atoms with Gasteiger partial charge in [-0.05, 0) is 46.0 Å². The van der Waals surface area contributed by atoms with Crippen LogP contribution in [0.4, 0.5) is 4.79 Å². The fourth-order valence-corrected chi connectivity index (χ4v) is 5.10. The molecule has 4 rings (SSSR count). The van der Waals surface area contributed by atoms with Crippen molar-refractivity contribution in [3.8, 4) is 11.1 Å². The highest BCUT2D eigenvalue weighted by atomic mass is 32.1. The Morgan fingerprint density at radius 2 is 1.66 bits per heavy atom. The van der Waals surface area contributed by atoms with Gasteiger partial charge in [-0.1, -0.05) is 61.5 Å². The average molecular weight is 493 g/mol. The van der Waals surface area contributed by atoms with E-state index in [0.29, 0.717) is 17.8 Å². The van der Waals surface area contributed by atoms with Crippen molar-refractivity contribution in [1.82, 2.24) is 10.6 Å². The van der Waals surface area contributed by atoms with Gasteiger partial charge in [0.1, 0.15) is 12.6 Å². The number of benzene rings is 2. The first-order valence-corrected chi connectivity index (χ1v) is 12.5. The predicted molar refractivity (Wildman–Crippen MR) is 134 cm³/mol. The Kier molecular flexibility index (Phi) is 7.82. The second-order valence-electron chi connectivity index (χ2n) is 8.70. The number of rotatable bonds is 10. The van der Waals surface area contributed by atoms with Gasteiger partial charge in [-0.25, -0.2) is 4.79 Å². The summed E-state index contributed by atoms with van der Waals surface area (Å²) in [6.45, 7) is 2.35. The first-order chi connectivity index (χ1) is 16.9. The van der Waals surface area contributed by atoms with Crippen LogP contribution in [0.1, 0.15) is 47.7 Å². The van der Waals surface area contributed by atoms with Crippen LogP contribution in [-0.2, 0) is 14.3 Å². The summed E-state index contributed by atoms with van der Waals surface area (Å²) in [4.78, 5) is 37.2. The SMILES string of the molecule is CC(CCC(=O)O)CNC(=O)C(NC(=O)OCC1c2ccccc2-c2ccccc21)c1cccs1. The molecular formula is C27H28N2O5S. The van der Waals surface area contributed by atoms with E-state index in [2.05, 4.69) is 34.9 Å². The van der Waals surface area contributed by atoms with Crippen molar-refractivity contribution in [3.05, 3.63) is 82.0 Å². The lowest BCUT2D eigenvalue weighted by Crippen LogP contribution is -2.41. The lowest BCUT2D eigenvalue weighted by molar-refractivity contribution is -0.137. The van der Waals surface area contributed by atoms with Crippen LogP contribution < -0.4 is 10.6 Å². The van der Waals surface area contributed by atoms with Crippen molar-refractivity contribution in [2.45, 2.75) is 31.7 Å². The number of amides is 2. The van der Waals surface area contributed by atoms with Crippen LogP contribution in [0.2, 0.25) is 0 Å². The van der Waals surface area contributed by atoms with Gasteiger partial charge in [0.2, 0.25) is 5.91 Å². The number of carbonyl (C=O) groups is 3. The first kappa shape index (κ1) is 24.5. The van der Waals surface area contributed by atoms with E-state index in [1.54, 1.807) is 6.07 Å². The molecule has 0 radical (unpaired) electrons. The molecule has 2 amide bonds. The van der Waals surface area contributed by atoms with Crippen LogP contribution in [0.15, 0.2) is 66.0 Å². The van der Waals surface area contributed by atoms with E-state index < -0.39 is 18.1 Å². The van der Waals surface area contributed by atoms with Crippen LogP contribution in [0.5, 0.6) is 0 Å². The average Bonchev–Trinajstić information content (AvgIpc) is 3.50. The molecule has 3 aromatic rings. The summed E-state index contributed by atoms with van der Waals surface area (Å²) in [5.74, 6) is -1.30. The number of hydrogen-bond donors (Lipinski definition) is 3. The number of nitrogens with one attached hydrogen (secondary N) is 2. The lowest BCUT2D eigenvalue weighted by Gasteiger charge is -2.20. The summed E-state index contributed by atoms with van der Waals surface area (Å²) in [6.07, 6.45) is -0.165. The Bertz CT molecular complexity index is 1150. The maximum absolute atomic E-state index is 12.9. The van der Waals surface area contributed by atoms with Crippen molar-refractivity contribution in [2.24, 2.45) is 5.92 Å². The third-order valence-corrected chi connectivity index (χ3v) is 7.11. The summed E-state index contributed by atoms with van der Waals surface area (Å²) >= 11 is 1.37. The van der Waals surface area contributed by atoms with Gasteiger partial charge in [-0.3, -0.25) is 9.59 Å². The first-order valence-electron chi connectivity index (χ1n) is 11.6. The van der Waals surface area contributed by atoms with E-state index in [0.717, 1.165) is 22.3 Å². The number of aliphatic carboxylic acids is 1. The minimum Gasteiger partial charge on any atom is -0.481 e. The van der Waals surface area contributed by atoms with Crippen molar-refractivity contribution in [2.75, 3.05) is 13.2 Å². The Balaban J connectivity index is 1.38. The summed E-state index contributed by atoms with van der Waals surface area (Å²) in [7, 11) is 0. The van der Waals surface area contributed by atoms with Crippen LogP contribution in [0.3, 0.4) is 0 Å². The molecular weight excluding hydrogens is 464 g/mol. The van der Waals surface area contributed by atoms with E-state index in [1.807, 2.05) is 42.6 Å². The molecule has 8 heteroatoms. The summed E-state index contributed by atoms with van der Waals surface area (Å²) in [5.41, 5.74) is 4.52. The van der Waals surface area contributed by atoms with Crippen LogP contribution in [0, 0.1) is 5.92 Å². The summed E-state index contributed by atoms with van der Waals surface area (Å²) in [5, 5.41) is 16.2. The zero-order chi connectivity index (χ0) is 24.8. The summed E-state index contributed by atoms with van der Waals surface area (Å²) < 4.78 is 5.62. The highest BCUT2D eigenvalue weighted by Gasteiger charge is 2.30. The van der Waals surface area contributed by atoms with Crippen LogP contribution >= 0.6 is 11.3 Å². The van der Waals surface area contributed by atoms with Gasteiger partial charge in [0, 0.05) is 23.8 Å². The largest absolute Gasteiger partial charge is 0.481 e. The zero-order valence-corrected chi connectivity index (χ0v) is 20.2. The highest BCUT2D eigenvalue weighted by molar-refractivity contribution is 7.10. The standard InChI is InChI=1S/C27H28N2O5S/c1-17(12-13-24(30)31)15-28-26(32)25(23-11-6-14-35-23)29-27(33)34-16-22-20-9-4-2-7-18(20)19-8-3-5-10-21(19)22/h2-11,14,17,22,25H,12-13,15-16H2,1H3,(H,28,32)(H,29,33)(H,30,31). The number of hydrogen-bond acceptors (Lipinski definition) is 5. The third-order valence-electron chi connectivity index (χ3n) is 6.17. The topological polar surface area (TPSA) is 105 Å². The fraction of sp³-hybridized carbons (Fsp3) is 0.296. The smallest absolute Gasteiger partial charge is 0.408 e. The maximum Gasteiger partial charge on any atom is 0.408 e. The normalized spacial score (nSPS) is 13.9. The lowest BCUT2D eigenvalue weighted by atomic mass is 9.98. The molecule has 0 fully saturated rings. The number of carboxylic acid groups (broad SMARTS) is 1. The molecule has 7 nitrogen and oxygen atoms in total. The van der Waals surface area contributed by atoms with Gasteiger partial charge >= 0.3 is 12.1 Å². The Hall–Kier alpha value is -3.65. The number of alkyl carbamates (subject to hydrolysis) is 1. The van der Waals surface area contributed by atoms with Crippen molar-refractivity contribution in [1.29, 1.82) is 0 Å². The van der Waals surface area contributed by atoms with E-state index in [9.17, 15) is 14.4 Å². The molecule has 2 aromatic carbocycles. The molecule has 1 heterocycles. The summed E-state index contributed by atoms with van der Waals surface area (Å²) in [6, 6.07) is 18.9. The molecule has 1 aliphatic rings. The molecule has 0 saturated carbocycles. The molecule has 182 valence electrons. The Labute approximate surface area is 208 Å². The van der Waals surface area contributed by atoms with Crippen molar-refractivity contribution >= 4 is 29.3 Å². The van der Waals surface area contributed by atoms with Gasteiger partial charge in [0.05, 0.1) is 0 Å². The zero-order valence-electron chi connectivity index (χ0n) is 19.4. The van der Waals surface area contributed by atoms with Crippen LogP contribution in [-0.4, -0.2) is 36.2 Å². The monoisotopic (exact) mass is 492 g/mol. The second kappa shape index (κ2) is 11.2. The van der Waals surface area contributed by atoms with E-state index in [4.69, 9.17) is 9.84 Å². The molecule has 35 heavy (non-hydrogen) atoms. The number of carbonyl (C=O) groups excluding carboxylic acids is 2.